The largest absolute Gasteiger partial charge is 0.499 e. The molecule has 1 heterocycles. The molecule has 0 aliphatic carbocycles. The van der Waals surface area contributed by atoms with Gasteiger partial charge in [-0.1, -0.05) is 81.8 Å². The highest BCUT2D eigenvalue weighted by molar-refractivity contribution is 5.85. The molecule has 184 valence electrons. The first kappa shape index (κ1) is 27.4. The second-order valence-electron chi connectivity index (χ2n) is 8.49. The van der Waals surface area contributed by atoms with E-state index in [0.29, 0.717) is 31.6 Å². The Bertz CT molecular complexity index is 967. The lowest BCUT2D eigenvalue weighted by atomic mass is 9.94. The normalized spacial score (nSPS) is 15.8. The minimum atomic E-state index is -0.249. The van der Waals surface area contributed by atoms with Gasteiger partial charge in [0, 0.05) is 24.4 Å². The number of allylic oxidation sites excluding steroid dienone is 1. The molecule has 2 atom stereocenters. The van der Waals surface area contributed by atoms with Gasteiger partial charge in [0.15, 0.2) is 0 Å². The van der Waals surface area contributed by atoms with E-state index in [1.807, 2.05) is 75.1 Å². The van der Waals surface area contributed by atoms with E-state index in [-0.39, 0.29) is 23.7 Å². The molecule has 0 radical (unpaired) electrons. The predicted molar refractivity (Wildman–Crippen MR) is 140 cm³/mol. The monoisotopic (exact) mass is 465 g/mol. The summed E-state index contributed by atoms with van der Waals surface area (Å²) >= 11 is 0. The number of ether oxygens (including phenoxy) is 1. The van der Waals surface area contributed by atoms with Crippen LogP contribution in [0.2, 0.25) is 0 Å². The first-order valence-corrected chi connectivity index (χ1v) is 12.6. The van der Waals surface area contributed by atoms with Crippen LogP contribution in [0.3, 0.4) is 0 Å². The predicted octanol–water partition coefficient (Wildman–Crippen LogP) is 7.87. The summed E-state index contributed by atoms with van der Waals surface area (Å²) in [5.74, 6) is 0.479. The second kappa shape index (κ2) is 13.7. The molecule has 34 heavy (non-hydrogen) atoms. The van der Waals surface area contributed by atoms with Crippen LogP contribution in [0.25, 0.3) is 5.57 Å². The Morgan fingerprint density at radius 3 is 2.50 bits per heavy atom. The van der Waals surface area contributed by atoms with Gasteiger partial charge < -0.3 is 9.64 Å². The number of hydrogen-bond acceptors (Lipinski definition) is 2. The molecule has 3 rings (SSSR count). The Balaban J connectivity index is 0.00000199. The van der Waals surface area contributed by atoms with Crippen molar-refractivity contribution in [1.82, 2.24) is 4.90 Å². The van der Waals surface area contributed by atoms with E-state index >= 15 is 0 Å². The van der Waals surface area contributed by atoms with Crippen LogP contribution in [0, 0.1) is 18.7 Å². The second-order valence-corrected chi connectivity index (χ2v) is 8.49. The quantitative estimate of drug-likeness (QED) is 0.334. The molecule has 0 spiro atoms. The van der Waals surface area contributed by atoms with Crippen molar-refractivity contribution < 1.29 is 13.9 Å². The van der Waals surface area contributed by atoms with Crippen molar-refractivity contribution in [2.45, 2.75) is 66.3 Å². The molecule has 2 aromatic carbocycles. The summed E-state index contributed by atoms with van der Waals surface area (Å²) in [6, 6.07) is 14.9. The number of aryl methyl sites for hydroxylation is 1. The molecule has 1 amide bonds. The van der Waals surface area contributed by atoms with Crippen molar-refractivity contribution in [2.24, 2.45) is 5.92 Å². The van der Waals surface area contributed by atoms with Crippen LogP contribution in [0.4, 0.5) is 4.39 Å². The zero-order chi connectivity index (χ0) is 25.1. The van der Waals surface area contributed by atoms with Gasteiger partial charge in [0.1, 0.15) is 5.82 Å². The third-order valence-electron chi connectivity index (χ3n) is 6.03. The van der Waals surface area contributed by atoms with Gasteiger partial charge >= 0.3 is 0 Å². The minimum Gasteiger partial charge on any atom is -0.499 e. The summed E-state index contributed by atoms with van der Waals surface area (Å²) in [4.78, 5) is 15.7. The fourth-order valence-corrected chi connectivity index (χ4v) is 4.40. The topological polar surface area (TPSA) is 29.5 Å². The van der Waals surface area contributed by atoms with Crippen molar-refractivity contribution in [3.63, 3.8) is 0 Å². The number of amides is 1. The summed E-state index contributed by atoms with van der Waals surface area (Å²) < 4.78 is 20.2. The van der Waals surface area contributed by atoms with Gasteiger partial charge in [0.05, 0.1) is 18.4 Å². The fraction of sp³-hybridized carbons (Fsp3) is 0.433. The van der Waals surface area contributed by atoms with Crippen molar-refractivity contribution in [3.8, 4) is 0 Å². The van der Waals surface area contributed by atoms with Crippen LogP contribution < -0.4 is 0 Å². The number of hydrogen-bond donors (Lipinski definition) is 0. The molecule has 1 aliphatic rings. The summed E-state index contributed by atoms with van der Waals surface area (Å²) in [6.45, 7) is 15.0. The first-order valence-electron chi connectivity index (χ1n) is 12.6. The number of nitrogens with zero attached hydrogens (tertiary/aromatic N) is 1. The molecule has 0 saturated heterocycles. The average molecular weight is 466 g/mol. The fourth-order valence-electron chi connectivity index (χ4n) is 4.40. The lowest BCUT2D eigenvalue weighted by Gasteiger charge is -2.29. The van der Waals surface area contributed by atoms with E-state index in [4.69, 9.17) is 4.74 Å². The maximum Gasteiger partial charge on any atom is 0.226 e. The number of carbonyl (C=O) groups excluding carboxylic acids is 1. The van der Waals surface area contributed by atoms with Crippen LogP contribution in [-0.2, 0) is 9.53 Å². The number of carbonyl (C=O) groups is 1. The van der Waals surface area contributed by atoms with Crippen LogP contribution in [0.5, 0.6) is 0 Å². The standard InChI is InChI=1S/C28H34FNO2.C2H6/c1-5-10-23(15-14-21(4)32-6-2)28(31)30-19-24(25-17-20(3)13-16-26(25)29)18-27(30)22-11-8-7-9-12-22;1-2/h7-9,11-13,16-18,23,27H,4-6,10,14-15,19H2,1-3H3;1-2H3. The lowest BCUT2D eigenvalue weighted by Crippen LogP contribution is -2.36. The van der Waals surface area contributed by atoms with Crippen LogP contribution in [0.15, 0.2) is 66.9 Å². The third-order valence-corrected chi connectivity index (χ3v) is 6.03. The van der Waals surface area contributed by atoms with Gasteiger partial charge in [-0.15, -0.1) is 0 Å². The molecule has 0 bridgehead atoms. The maximum atomic E-state index is 14.7. The Labute approximate surface area is 205 Å². The number of benzene rings is 2. The van der Waals surface area contributed by atoms with Gasteiger partial charge in [-0.3, -0.25) is 4.79 Å². The molecule has 1 aliphatic heterocycles. The molecule has 0 N–H and O–H groups in total. The highest BCUT2D eigenvalue weighted by Crippen LogP contribution is 2.37. The smallest absolute Gasteiger partial charge is 0.226 e. The van der Waals surface area contributed by atoms with Crippen LogP contribution in [0.1, 0.15) is 76.1 Å². The van der Waals surface area contributed by atoms with Crippen LogP contribution in [-0.4, -0.2) is 24.0 Å². The van der Waals surface area contributed by atoms with E-state index in [0.717, 1.165) is 35.3 Å². The molecule has 0 saturated carbocycles. The Hall–Kier alpha value is -2.88. The molecule has 2 aromatic rings. The third kappa shape index (κ3) is 7.06. The maximum absolute atomic E-state index is 14.7. The van der Waals surface area contributed by atoms with Gasteiger partial charge in [-0.05, 0) is 50.0 Å². The zero-order valence-corrected chi connectivity index (χ0v) is 21.4. The molecular weight excluding hydrogens is 425 g/mol. The summed E-state index contributed by atoms with van der Waals surface area (Å²) in [6.07, 6.45) is 5.16. The van der Waals surface area contributed by atoms with Gasteiger partial charge in [0.2, 0.25) is 5.91 Å². The van der Waals surface area contributed by atoms with Gasteiger partial charge in [0.25, 0.3) is 0 Å². The molecule has 2 unspecified atom stereocenters. The highest BCUT2D eigenvalue weighted by atomic mass is 19.1. The van der Waals surface area contributed by atoms with Crippen molar-refractivity contribution in [1.29, 1.82) is 0 Å². The summed E-state index contributed by atoms with van der Waals surface area (Å²) in [7, 11) is 0. The molecule has 0 aromatic heterocycles. The lowest BCUT2D eigenvalue weighted by molar-refractivity contribution is -0.136. The van der Waals surface area contributed by atoms with Crippen molar-refractivity contribution in [3.05, 3.63) is 89.5 Å². The Kier molecular flexibility index (Phi) is 11.1. The minimum absolute atomic E-state index is 0.112. The highest BCUT2D eigenvalue weighted by Gasteiger charge is 2.34. The van der Waals surface area contributed by atoms with Crippen LogP contribution >= 0.6 is 0 Å². The average Bonchev–Trinajstić information content (AvgIpc) is 3.30. The molecule has 3 nitrogen and oxygen atoms in total. The van der Waals surface area contributed by atoms with Gasteiger partial charge in [-0.25, -0.2) is 4.39 Å². The van der Waals surface area contributed by atoms with E-state index in [9.17, 15) is 9.18 Å². The first-order chi connectivity index (χ1) is 16.4. The van der Waals surface area contributed by atoms with E-state index in [1.54, 1.807) is 6.07 Å². The number of rotatable bonds is 10. The van der Waals surface area contributed by atoms with Crippen molar-refractivity contribution >= 4 is 11.5 Å². The van der Waals surface area contributed by atoms with E-state index in [1.165, 1.54) is 6.07 Å². The summed E-state index contributed by atoms with van der Waals surface area (Å²) in [5.41, 5.74) is 3.49. The number of halogens is 1. The zero-order valence-electron chi connectivity index (χ0n) is 21.4. The Morgan fingerprint density at radius 1 is 1.15 bits per heavy atom. The SMILES string of the molecule is C=C(CCC(CCC)C(=O)N1CC(c2cc(C)ccc2F)=CC1c1ccccc1)OCC.CC. The molecule has 4 heteroatoms. The van der Waals surface area contributed by atoms with Gasteiger partial charge in [-0.2, -0.15) is 0 Å². The summed E-state index contributed by atoms with van der Waals surface area (Å²) in [5, 5.41) is 0. The van der Waals surface area contributed by atoms with E-state index < -0.39 is 0 Å². The molecular formula is C30H40FNO2. The molecule has 0 fully saturated rings. The van der Waals surface area contributed by atoms with E-state index in [2.05, 4.69) is 13.5 Å². The van der Waals surface area contributed by atoms with Crippen molar-refractivity contribution in [2.75, 3.05) is 13.2 Å². The Morgan fingerprint density at radius 2 is 1.85 bits per heavy atom.